The van der Waals surface area contributed by atoms with Crippen LogP contribution in [0.2, 0.25) is 0 Å². The summed E-state index contributed by atoms with van der Waals surface area (Å²) in [7, 11) is 0. The first-order chi connectivity index (χ1) is 18.3. The maximum absolute atomic E-state index is 15.0. The highest BCUT2D eigenvalue weighted by molar-refractivity contribution is 5.99. The summed E-state index contributed by atoms with van der Waals surface area (Å²) in [6, 6.07) is 6.14. The number of aromatic nitrogens is 2. The first kappa shape index (κ1) is 23.5. The molecule has 9 heteroatoms. The first-order valence-corrected chi connectivity index (χ1v) is 13.3. The van der Waals surface area contributed by atoms with E-state index in [-0.39, 0.29) is 52.5 Å². The average molecular weight is 520 g/mol. The number of carbonyl (C=O) groups is 2. The lowest BCUT2D eigenvalue weighted by Crippen LogP contribution is -2.47. The normalized spacial score (nSPS) is 27.8. The van der Waals surface area contributed by atoms with E-state index in [0.717, 1.165) is 31.4 Å². The van der Waals surface area contributed by atoms with Gasteiger partial charge in [-0.05, 0) is 86.0 Å². The SMILES string of the molecule is O=C(CC12CC3CC(CC(C3)C1)C2)c1cn(-c2ccc(F)cc2F)c2nc(N3CCOC3=O)ccc2c1=O. The molecule has 2 aromatic heterocycles. The molecule has 4 saturated carbocycles. The molecule has 0 spiro atoms. The van der Waals surface area contributed by atoms with Crippen molar-refractivity contribution in [2.45, 2.75) is 44.9 Å². The number of ether oxygens (including phenoxy) is 1. The van der Waals surface area contributed by atoms with Crippen molar-refractivity contribution in [2.24, 2.45) is 23.2 Å². The predicted octanol–water partition coefficient (Wildman–Crippen LogP) is 5.41. The molecule has 3 heterocycles. The van der Waals surface area contributed by atoms with Crippen LogP contribution in [0, 0.1) is 34.8 Å². The third-order valence-corrected chi connectivity index (χ3v) is 9.04. The van der Waals surface area contributed by atoms with E-state index in [0.29, 0.717) is 24.2 Å². The zero-order valence-electron chi connectivity index (χ0n) is 20.8. The molecule has 7 nitrogen and oxygen atoms in total. The Balaban J connectivity index is 1.35. The zero-order valence-corrected chi connectivity index (χ0v) is 20.8. The lowest BCUT2D eigenvalue weighted by Gasteiger charge is -2.56. The number of ketones is 1. The van der Waals surface area contributed by atoms with Gasteiger partial charge in [-0.25, -0.2) is 18.6 Å². The quantitative estimate of drug-likeness (QED) is 0.421. The number of pyridine rings is 2. The van der Waals surface area contributed by atoms with Crippen LogP contribution in [0.25, 0.3) is 16.7 Å². The highest BCUT2D eigenvalue weighted by Crippen LogP contribution is 2.61. The third-order valence-electron chi connectivity index (χ3n) is 9.04. The van der Waals surface area contributed by atoms with Crippen LogP contribution < -0.4 is 10.3 Å². The lowest BCUT2D eigenvalue weighted by atomic mass is 9.48. The molecule has 38 heavy (non-hydrogen) atoms. The van der Waals surface area contributed by atoms with Gasteiger partial charge in [-0.1, -0.05) is 0 Å². The van der Waals surface area contributed by atoms with Crippen molar-refractivity contribution in [3.05, 3.63) is 63.9 Å². The van der Waals surface area contributed by atoms with Crippen LogP contribution in [-0.4, -0.2) is 34.6 Å². The molecule has 0 atom stereocenters. The fourth-order valence-corrected chi connectivity index (χ4v) is 7.95. The Labute approximate surface area is 217 Å². The van der Waals surface area contributed by atoms with Gasteiger partial charge in [-0.2, -0.15) is 0 Å². The largest absolute Gasteiger partial charge is 0.447 e. The maximum Gasteiger partial charge on any atom is 0.415 e. The molecule has 1 aliphatic heterocycles. The topological polar surface area (TPSA) is 81.5 Å². The van der Waals surface area contributed by atoms with Gasteiger partial charge < -0.3 is 4.74 Å². The molecule has 0 radical (unpaired) electrons. The summed E-state index contributed by atoms with van der Waals surface area (Å²) in [5.41, 5.74) is -0.543. The summed E-state index contributed by atoms with van der Waals surface area (Å²) in [6.45, 7) is 0.490. The molecule has 4 aliphatic carbocycles. The highest BCUT2D eigenvalue weighted by Gasteiger charge is 2.51. The number of nitrogens with zero attached hydrogens (tertiary/aromatic N) is 3. The number of halogens is 2. The van der Waals surface area contributed by atoms with Crippen LogP contribution in [0.5, 0.6) is 0 Å². The van der Waals surface area contributed by atoms with Crippen LogP contribution >= 0.6 is 0 Å². The standard InChI is InChI=1S/C29H27F2N3O4/c30-19-1-3-23(22(31)10-19)34-15-21(24(35)14-29-11-16-7-17(12-29)9-18(8-16)13-29)26(36)20-2-4-25(32-27(20)34)33-5-6-38-28(33)37/h1-4,10,15-18H,5-9,11-14H2. The van der Waals surface area contributed by atoms with Crippen molar-refractivity contribution in [1.82, 2.24) is 9.55 Å². The second-order valence-electron chi connectivity index (χ2n) is 11.7. The fraction of sp³-hybridized carbons (Fsp3) is 0.448. The van der Waals surface area contributed by atoms with Crippen molar-refractivity contribution < 1.29 is 23.1 Å². The number of fused-ring (bicyclic) bond motifs is 1. The first-order valence-electron chi connectivity index (χ1n) is 13.3. The molecule has 1 amide bonds. The van der Waals surface area contributed by atoms with Gasteiger partial charge in [-0.15, -0.1) is 0 Å². The molecule has 4 bridgehead atoms. The van der Waals surface area contributed by atoms with E-state index in [1.807, 2.05) is 0 Å². The van der Waals surface area contributed by atoms with Crippen LogP contribution in [0.4, 0.5) is 19.4 Å². The predicted molar refractivity (Wildman–Crippen MR) is 136 cm³/mol. The van der Waals surface area contributed by atoms with Crippen LogP contribution in [0.3, 0.4) is 0 Å². The molecule has 196 valence electrons. The van der Waals surface area contributed by atoms with Crippen molar-refractivity contribution >= 4 is 28.7 Å². The molecule has 5 aliphatic rings. The van der Waals surface area contributed by atoms with Crippen LogP contribution in [0.15, 0.2) is 41.3 Å². The van der Waals surface area contributed by atoms with Crippen LogP contribution in [0.1, 0.15) is 55.3 Å². The molecule has 0 unspecified atom stereocenters. The number of hydrogen-bond donors (Lipinski definition) is 0. The fourth-order valence-electron chi connectivity index (χ4n) is 7.95. The van der Waals surface area contributed by atoms with Crippen molar-refractivity contribution in [3.8, 4) is 5.69 Å². The number of anilines is 1. The molecular weight excluding hydrogens is 492 g/mol. The van der Waals surface area contributed by atoms with Gasteiger partial charge in [-0.3, -0.25) is 19.1 Å². The van der Waals surface area contributed by atoms with Gasteiger partial charge in [0.25, 0.3) is 0 Å². The van der Waals surface area contributed by atoms with Gasteiger partial charge in [0.2, 0.25) is 5.43 Å². The number of rotatable bonds is 5. The molecule has 8 rings (SSSR count). The molecule has 0 N–H and O–H groups in total. The second kappa shape index (κ2) is 8.44. The molecule has 1 saturated heterocycles. The number of Topliss-reactive ketones (excluding diaryl/α,β-unsaturated/α-hetero) is 1. The van der Waals surface area contributed by atoms with E-state index in [9.17, 15) is 18.8 Å². The minimum Gasteiger partial charge on any atom is -0.447 e. The lowest BCUT2D eigenvalue weighted by molar-refractivity contribution is -0.0524. The summed E-state index contributed by atoms with van der Waals surface area (Å²) >= 11 is 0. The number of cyclic esters (lactones) is 1. The summed E-state index contributed by atoms with van der Waals surface area (Å²) < 4.78 is 35.1. The smallest absolute Gasteiger partial charge is 0.415 e. The van der Waals surface area contributed by atoms with Gasteiger partial charge in [0, 0.05) is 18.7 Å². The van der Waals surface area contributed by atoms with E-state index in [4.69, 9.17) is 4.74 Å². The Hall–Kier alpha value is -3.62. The van der Waals surface area contributed by atoms with E-state index in [1.165, 1.54) is 53.1 Å². The minimum absolute atomic E-state index is 0.0212. The van der Waals surface area contributed by atoms with E-state index in [2.05, 4.69) is 4.98 Å². The Morgan fingerprint density at radius 3 is 2.37 bits per heavy atom. The van der Waals surface area contributed by atoms with E-state index >= 15 is 4.39 Å². The summed E-state index contributed by atoms with van der Waals surface area (Å²) in [5, 5.41) is 0.126. The van der Waals surface area contributed by atoms with Crippen molar-refractivity contribution in [3.63, 3.8) is 0 Å². The van der Waals surface area contributed by atoms with Gasteiger partial charge in [0.1, 0.15) is 24.1 Å². The molecule has 5 fully saturated rings. The average Bonchev–Trinajstić information content (AvgIpc) is 3.29. The Kier molecular flexibility index (Phi) is 5.22. The summed E-state index contributed by atoms with van der Waals surface area (Å²) in [5.74, 6) is 0.373. The highest BCUT2D eigenvalue weighted by atomic mass is 19.1. The Bertz CT molecular complexity index is 1530. The van der Waals surface area contributed by atoms with Crippen molar-refractivity contribution in [2.75, 3.05) is 18.1 Å². The Morgan fingerprint density at radius 2 is 1.74 bits per heavy atom. The summed E-state index contributed by atoms with van der Waals surface area (Å²) in [4.78, 5) is 45.4. The monoisotopic (exact) mass is 519 g/mol. The second-order valence-corrected chi connectivity index (χ2v) is 11.7. The van der Waals surface area contributed by atoms with Crippen molar-refractivity contribution in [1.29, 1.82) is 0 Å². The Morgan fingerprint density at radius 1 is 1.03 bits per heavy atom. The van der Waals surface area contributed by atoms with Crippen LogP contribution in [-0.2, 0) is 4.74 Å². The van der Waals surface area contributed by atoms with Gasteiger partial charge >= 0.3 is 6.09 Å². The van der Waals surface area contributed by atoms with Gasteiger partial charge in [0.15, 0.2) is 11.4 Å². The number of benzene rings is 1. The number of hydrogen-bond acceptors (Lipinski definition) is 5. The maximum atomic E-state index is 15.0. The third kappa shape index (κ3) is 3.74. The summed E-state index contributed by atoms with van der Waals surface area (Å²) in [6.07, 6.45) is 7.88. The molecule has 3 aromatic rings. The number of carbonyl (C=O) groups excluding carboxylic acids is 2. The zero-order chi connectivity index (χ0) is 26.2. The molecular formula is C29H27F2N3O4. The van der Waals surface area contributed by atoms with E-state index < -0.39 is 23.2 Å². The minimum atomic E-state index is -0.859. The number of amides is 1. The van der Waals surface area contributed by atoms with Gasteiger partial charge in [0.05, 0.1) is 23.2 Å². The van der Waals surface area contributed by atoms with E-state index in [1.54, 1.807) is 0 Å². The molecule has 1 aromatic carbocycles.